The summed E-state index contributed by atoms with van der Waals surface area (Å²) in [7, 11) is 0. The average Bonchev–Trinajstić information content (AvgIpc) is 2.62. The van der Waals surface area contributed by atoms with Crippen LogP contribution < -0.4 is 10.6 Å². The van der Waals surface area contributed by atoms with Crippen LogP contribution in [-0.2, 0) is 9.47 Å². The van der Waals surface area contributed by atoms with E-state index in [-0.39, 0.29) is 27.6 Å². The third-order valence-corrected chi connectivity index (χ3v) is 3.35. The molecule has 2 rings (SSSR count). The van der Waals surface area contributed by atoms with Gasteiger partial charge in [-0.05, 0) is 45.0 Å². The molecule has 0 spiro atoms. The normalized spacial score (nSPS) is 10.0. The lowest BCUT2D eigenvalue weighted by molar-refractivity contribution is 0.0515. The lowest BCUT2D eigenvalue weighted by Crippen LogP contribution is -2.21. The molecule has 0 bridgehead atoms. The molecule has 2 aromatic rings. The third kappa shape index (κ3) is 5.50. The SMILES string of the molecule is CCOC(=O)c1ccc(NC(=O)Nc2ncc(C(=O)OCC)c(C)n2)cc1.[HH].[HH]. The van der Waals surface area contributed by atoms with E-state index in [1.807, 2.05) is 0 Å². The highest BCUT2D eigenvalue weighted by atomic mass is 16.5. The molecule has 2 amide bonds. The summed E-state index contributed by atoms with van der Waals surface area (Å²) in [5.41, 5.74) is 1.48. The maximum absolute atomic E-state index is 12.1. The summed E-state index contributed by atoms with van der Waals surface area (Å²) >= 11 is 0. The number of anilines is 2. The second kappa shape index (κ2) is 9.27. The summed E-state index contributed by atoms with van der Waals surface area (Å²) in [5.74, 6) is -0.909. The van der Waals surface area contributed by atoms with E-state index >= 15 is 0 Å². The number of carbonyl (C=O) groups is 3. The van der Waals surface area contributed by atoms with E-state index in [9.17, 15) is 14.4 Å². The van der Waals surface area contributed by atoms with Gasteiger partial charge in [0.25, 0.3) is 0 Å². The van der Waals surface area contributed by atoms with E-state index in [1.165, 1.54) is 6.20 Å². The molecule has 0 unspecified atom stereocenters. The number of hydrogen-bond acceptors (Lipinski definition) is 7. The predicted molar refractivity (Wildman–Crippen MR) is 102 cm³/mol. The van der Waals surface area contributed by atoms with Gasteiger partial charge in [-0.3, -0.25) is 5.32 Å². The van der Waals surface area contributed by atoms with Crippen molar-refractivity contribution in [3.05, 3.63) is 47.3 Å². The molecule has 0 aliphatic carbocycles. The van der Waals surface area contributed by atoms with Gasteiger partial charge in [0.15, 0.2) is 0 Å². The first kappa shape index (κ1) is 19.8. The van der Waals surface area contributed by atoms with E-state index < -0.39 is 18.0 Å². The first-order valence-corrected chi connectivity index (χ1v) is 8.30. The molecule has 1 aromatic carbocycles. The average molecular weight is 376 g/mol. The number of aromatic nitrogens is 2. The van der Waals surface area contributed by atoms with Crippen molar-refractivity contribution in [2.75, 3.05) is 23.8 Å². The van der Waals surface area contributed by atoms with E-state index in [4.69, 9.17) is 9.47 Å². The highest BCUT2D eigenvalue weighted by Crippen LogP contribution is 2.12. The molecule has 0 saturated carbocycles. The molecule has 9 nitrogen and oxygen atoms in total. The Morgan fingerprint density at radius 1 is 1.00 bits per heavy atom. The number of benzene rings is 1. The number of esters is 2. The van der Waals surface area contributed by atoms with E-state index in [2.05, 4.69) is 20.6 Å². The number of aryl methyl sites for hydroxylation is 1. The minimum atomic E-state index is -0.567. The molecule has 0 fully saturated rings. The molecular weight excluding hydrogens is 352 g/mol. The monoisotopic (exact) mass is 376 g/mol. The van der Waals surface area contributed by atoms with Crippen molar-refractivity contribution in [1.29, 1.82) is 0 Å². The van der Waals surface area contributed by atoms with Crippen LogP contribution in [0.2, 0.25) is 0 Å². The van der Waals surface area contributed by atoms with E-state index in [0.29, 0.717) is 16.9 Å². The topological polar surface area (TPSA) is 120 Å². The minimum Gasteiger partial charge on any atom is -0.462 e. The molecule has 27 heavy (non-hydrogen) atoms. The van der Waals surface area contributed by atoms with Crippen molar-refractivity contribution in [2.24, 2.45) is 0 Å². The van der Waals surface area contributed by atoms with Crippen molar-refractivity contribution in [1.82, 2.24) is 9.97 Å². The predicted octanol–water partition coefficient (Wildman–Crippen LogP) is 3.27. The maximum atomic E-state index is 12.1. The van der Waals surface area contributed by atoms with Gasteiger partial charge in [0, 0.05) is 14.7 Å². The molecule has 9 heteroatoms. The Kier molecular flexibility index (Phi) is 6.81. The molecule has 0 radical (unpaired) electrons. The van der Waals surface area contributed by atoms with Crippen molar-refractivity contribution in [2.45, 2.75) is 20.8 Å². The molecule has 0 aliphatic rings. The Morgan fingerprint density at radius 2 is 1.63 bits per heavy atom. The molecule has 0 saturated heterocycles. The number of amides is 2. The fraction of sp³-hybridized carbons (Fsp3) is 0.278. The quantitative estimate of drug-likeness (QED) is 0.742. The summed E-state index contributed by atoms with van der Waals surface area (Å²) < 4.78 is 9.79. The van der Waals surface area contributed by atoms with Gasteiger partial charge in [0.2, 0.25) is 5.95 Å². The molecular formula is C18H24N4O5. The van der Waals surface area contributed by atoms with Crippen LogP contribution in [0.15, 0.2) is 30.5 Å². The number of urea groups is 1. The Bertz CT molecular complexity index is 847. The standard InChI is InChI=1S/C18H20N4O5.2H2/c1-4-26-15(23)12-6-8-13(9-7-12)21-18(25)22-17-19-10-14(11(3)20-17)16(24)27-5-2;;/h6-10H,4-5H2,1-3H3,(H2,19,20,21,22,25);2*1H. The number of rotatable bonds is 6. The maximum Gasteiger partial charge on any atom is 0.341 e. The lowest BCUT2D eigenvalue weighted by Gasteiger charge is -2.09. The zero-order valence-corrected chi connectivity index (χ0v) is 15.2. The fourth-order valence-electron chi connectivity index (χ4n) is 2.10. The molecule has 2 N–H and O–H groups in total. The number of ether oxygens (including phenoxy) is 2. The van der Waals surface area contributed by atoms with Gasteiger partial charge in [-0.2, -0.15) is 0 Å². The van der Waals surface area contributed by atoms with Crippen molar-refractivity contribution < 1.29 is 26.7 Å². The van der Waals surface area contributed by atoms with Crippen LogP contribution in [0, 0.1) is 6.92 Å². The summed E-state index contributed by atoms with van der Waals surface area (Å²) in [4.78, 5) is 43.4. The summed E-state index contributed by atoms with van der Waals surface area (Å²) in [6.07, 6.45) is 1.30. The van der Waals surface area contributed by atoms with Crippen LogP contribution in [-0.4, -0.2) is 41.2 Å². The van der Waals surface area contributed by atoms with E-state index in [1.54, 1.807) is 45.0 Å². The van der Waals surface area contributed by atoms with Crippen LogP contribution in [0.4, 0.5) is 16.4 Å². The molecule has 1 aromatic heterocycles. The van der Waals surface area contributed by atoms with E-state index in [0.717, 1.165) is 0 Å². The zero-order chi connectivity index (χ0) is 19.8. The number of carbonyl (C=O) groups excluding carboxylic acids is 3. The number of nitrogens with one attached hydrogen (secondary N) is 2. The first-order chi connectivity index (χ1) is 12.9. The van der Waals surface area contributed by atoms with Crippen LogP contribution in [0.25, 0.3) is 0 Å². The van der Waals surface area contributed by atoms with Crippen LogP contribution in [0.1, 0.15) is 43.1 Å². The molecule has 0 atom stereocenters. The van der Waals surface area contributed by atoms with Gasteiger partial charge in [0.05, 0.1) is 30.0 Å². The second-order valence-corrected chi connectivity index (χ2v) is 5.29. The first-order valence-electron chi connectivity index (χ1n) is 8.30. The fourth-order valence-corrected chi connectivity index (χ4v) is 2.10. The van der Waals surface area contributed by atoms with Gasteiger partial charge in [-0.1, -0.05) is 0 Å². The van der Waals surface area contributed by atoms with Gasteiger partial charge in [-0.15, -0.1) is 0 Å². The lowest BCUT2D eigenvalue weighted by atomic mass is 10.2. The Morgan fingerprint density at radius 3 is 2.22 bits per heavy atom. The van der Waals surface area contributed by atoms with Crippen LogP contribution >= 0.6 is 0 Å². The summed E-state index contributed by atoms with van der Waals surface area (Å²) in [6.45, 7) is 5.57. The number of hydrogen-bond donors (Lipinski definition) is 2. The Labute approximate surface area is 159 Å². The summed E-state index contributed by atoms with van der Waals surface area (Å²) in [6, 6.07) is 5.66. The van der Waals surface area contributed by atoms with Crippen LogP contribution in [0.3, 0.4) is 0 Å². The van der Waals surface area contributed by atoms with Gasteiger partial charge < -0.3 is 14.8 Å². The van der Waals surface area contributed by atoms with Crippen molar-refractivity contribution in [3.63, 3.8) is 0 Å². The zero-order valence-electron chi connectivity index (χ0n) is 15.2. The Balaban J connectivity index is 0.00000392. The molecule has 146 valence electrons. The highest BCUT2D eigenvalue weighted by Gasteiger charge is 2.14. The Hall–Kier alpha value is -3.49. The third-order valence-electron chi connectivity index (χ3n) is 3.35. The highest BCUT2D eigenvalue weighted by molar-refractivity contribution is 5.99. The van der Waals surface area contributed by atoms with Crippen molar-refractivity contribution in [3.8, 4) is 0 Å². The summed E-state index contributed by atoms with van der Waals surface area (Å²) in [5, 5.41) is 5.06. The minimum absolute atomic E-state index is 0. The smallest absolute Gasteiger partial charge is 0.341 e. The number of nitrogens with zero attached hydrogens (tertiary/aromatic N) is 2. The molecule has 0 aliphatic heterocycles. The van der Waals surface area contributed by atoms with Crippen LogP contribution in [0.5, 0.6) is 0 Å². The largest absolute Gasteiger partial charge is 0.462 e. The van der Waals surface area contributed by atoms with Gasteiger partial charge in [0.1, 0.15) is 0 Å². The van der Waals surface area contributed by atoms with Gasteiger partial charge in [-0.25, -0.2) is 24.4 Å². The molecule has 1 heterocycles. The second-order valence-electron chi connectivity index (χ2n) is 5.29. The van der Waals surface area contributed by atoms with Gasteiger partial charge >= 0.3 is 18.0 Å². The van der Waals surface area contributed by atoms with Crippen molar-refractivity contribution >= 4 is 29.6 Å².